The van der Waals surface area contributed by atoms with E-state index in [1.807, 2.05) is 11.3 Å². The van der Waals surface area contributed by atoms with Crippen molar-refractivity contribution < 1.29 is 0 Å². The molecule has 1 saturated carbocycles. The van der Waals surface area contributed by atoms with Gasteiger partial charge in [0.25, 0.3) is 5.56 Å². The summed E-state index contributed by atoms with van der Waals surface area (Å²) in [5.74, 6) is 0. The van der Waals surface area contributed by atoms with Crippen LogP contribution in [0, 0.1) is 0 Å². The molecule has 116 valence electrons. The van der Waals surface area contributed by atoms with Gasteiger partial charge in [0.2, 0.25) is 0 Å². The first-order valence-corrected chi connectivity index (χ1v) is 8.90. The van der Waals surface area contributed by atoms with Crippen molar-refractivity contribution in [2.75, 3.05) is 5.32 Å². The van der Waals surface area contributed by atoms with Gasteiger partial charge in [0.1, 0.15) is 0 Å². The molecule has 2 aliphatic rings. The zero-order chi connectivity index (χ0) is 14.9. The highest BCUT2D eigenvalue weighted by atomic mass is 32.1. The van der Waals surface area contributed by atoms with E-state index < -0.39 is 0 Å². The van der Waals surface area contributed by atoms with Gasteiger partial charge in [-0.15, -0.1) is 11.3 Å². The second-order valence-corrected chi connectivity index (χ2v) is 7.28. The average molecular weight is 316 g/mol. The second-order valence-electron chi connectivity index (χ2n) is 6.20. The van der Waals surface area contributed by atoms with Crippen LogP contribution in [-0.2, 0) is 12.8 Å². The highest BCUT2D eigenvalue weighted by Crippen LogP contribution is 2.33. The third kappa shape index (κ3) is 2.67. The Kier molecular flexibility index (Phi) is 3.70. The number of nitrogens with one attached hydrogen (secondary N) is 1. The SMILES string of the molecule is O=c1cccnn1C1CCC(Nc2nc3c(s2)CCC3)CC1. The van der Waals surface area contributed by atoms with Gasteiger partial charge >= 0.3 is 0 Å². The quantitative estimate of drug-likeness (QED) is 0.946. The molecule has 1 fully saturated rings. The van der Waals surface area contributed by atoms with Crippen LogP contribution in [0.2, 0.25) is 0 Å². The first kappa shape index (κ1) is 13.9. The summed E-state index contributed by atoms with van der Waals surface area (Å²) in [6.45, 7) is 0. The number of hydrogen-bond acceptors (Lipinski definition) is 5. The van der Waals surface area contributed by atoms with Crippen molar-refractivity contribution in [3.63, 3.8) is 0 Å². The number of aryl methyl sites for hydroxylation is 2. The predicted octanol–water partition coefficient (Wildman–Crippen LogP) is 2.78. The van der Waals surface area contributed by atoms with Crippen molar-refractivity contribution in [2.24, 2.45) is 0 Å². The van der Waals surface area contributed by atoms with Crippen molar-refractivity contribution in [1.29, 1.82) is 0 Å². The van der Waals surface area contributed by atoms with E-state index in [1.165, 1.54) is 23.4 Å². The maximum atomic E-state index is 11.8. The molecule has 0 aromatic carbocycles. The van der Waals surface area contributed by atoms with Crippen LogP contribution >= 0.6 is 11.3 Å². The van der Waals surface area contributed by atoms with E-state index in [1.54, 1.807) is 23.0 Å². The van der Waals surface area contributed by atoms with Gasteiger partial charge in [0.15, 0.2) is 5.13 Å². The average Bonchev–Trinajstić information content (AvgIpc) is 3.10. The number of aromatic nitrogens is 3. The molecule has 0 unspecified atom stereocenters. The molecule has 0 atom stereocenters. The molecule has 22 heavy (non-hydrogen) atoms. The molecule has 2 heterocycles. The maximum absolute atomic E-state index is 11.8. The van der Waals surface area contributed by atoms with Crippen molar-refractivity contribution in [1.82, 2.24) is 14.8 Å². The van der Waals surface area contributed by atoms with Crippen LogP contribution in [0.25, 0.3) is 0 Å². The smallest absolute Gasteiger partial charge is 0.266 e. The Labute approximate surface area is 133 Å². The molecule has 2 aliphatic carbocycles. The standard InChI is InChI=1S/C16H20N4OS/c21-15-5-2-10-17-20(15)12-8-6-11(7-9-12)18-16-19-13-3-1-4-14(13)22-16/h2,5,10-12H,1,3-4,6-9H2,(H,18,19). The van der Waals surface area contributed by atoms with Gasteiger partial charge in [-0.1, -0.05) is 0 Å². The minimum atomic E-state index is 0.00950. The fourth-order valence-corrected chi connectivity index (χ4v) is 4.66. The highest BCUT2D eigenvalue weighted by Gasteiger charge is 2.25. The van der Waals surface area contributed by atoms with E-state index in [0.717, 1.165) is 37.2 Å². The molecule has 1 N–H and O–H groups in total. The zero-order valence-electron chi connectivity index (χ0n) is 12.5. The largest absolute Gasteiger partial charge is 0.359 e. The number of thiazole rings is 1. The zero-order valence-corrected chi connectivity index (χ0v) is 13.3. The molecule has 0 spiro atoms. The number of hydrogen-bond donors (Lipinski definition) is 1. The van der Waals surface area contributed by atoms with Gasteiger partial charge in [0.05, 0.1) is 11.7 Å². The number of anilines is 1. The fraction of sp³-hybridized carbons (Fsp3) is 0.562. The molecule has 0 bridgehead atoms. The number of fused-ring (bicyclic) bond motifs is 1. The molecule has 2 aromatic heterocycles. The van der Waals surface area contributed by atoms with Crippen LogP contribution in [-0.4, -0.2) is 20.8 Å². The Bertz CT molecular complexity index is 693. The molecule has 2 aromatic rings. The number of rotatable bonds is 3. The van der Waals surface area contributed by atoms with Crippen LogP contribution in [0.4, 0.5) is 5.13 Å². The third-order valence-corrected chi connectivity index (χ3v) is 5.80. The summed E-state index contributed by atoms with van der Waals surface area (Å²) in [7, 11) is 0. The topological polar surface area (TPSA) is 59.8 Å². The van der Waals surface area contributed by atoms with Crippen LogP contribution in [0.3, 0.4) is 0 Å². The molecule has 0 radical (unpaired) electrons. The van der Waals surface area contributed by atoms with Gasteiger partial charge in [-0.3, -0.25) is 4.79 Å². The maximum Gasteiger partial charge on any atom is 0.266 e. The Morgan fingerprint density at radius 1 is 1.23 bits per heavy atom. The first-order valence-electron chi connectivity index (χ1n) is 8.08. The third-order valence-electron chi connectivity index (χ3n) is 4.71. The van der Waals surface area contributed by atoms with Crippen molar-refractivity contribution in [2.45, 2.75) is 57.0 Å². The summed E-state index contributed by atoms with van der Waals surface area (Å²) >= 11 is 1.83. The van der Waals surface area contributed by atoms with Crippen molar-refractivity contribution in [3.05, 3.63) is 39.3 Å². The van der Waals surface area contributed by atoms with Gasteiger partial charge in [-0.05, 0) is 51.0 Å². The summed E-state index contributed by atoms with van der Waals surface area (Å²) in [5, 5.41) is 8.90. The molecule has 4 rings (SSSR count). The Hall–Kier alpha value is -1.69. The van der Waals surface area contributed by atoms with Gasteiger partial charge in [-0.2, -0.15) is 5.10 Å². The van der Waals surface area contributed by atoms with E-state index in [-0.39, 0.29) is 11.6 Å². The van der Waals surface area contributed by atoms with Gasteiger partial charge in [-0.25, -0.2) is 9.67 Å². The fourth-order valence-electron chi connectivity index (χ4n) is 3.53. The van der Waals surface area contributed by atoms with Crippen LogP contribution < -0.4 is 10.9 Å². The first-order chi connectivity index (χ1) is 10.8. The van der Waals surface area contributed by atoms with Crippen LogP contribution in [0.1, 0.15) is 48.7 Å². The van der Waals surface area contributed by atoms with Crippen LogP contribution in [0.15, 0.2) is 23.1 Å². The number of nitrogens with zero attached hydrogens (tertiary/aromatic N) is 3. The van der Waals surface area contributed by atoms with E-state index >= 15 is 0 Å². The van der Waals surface area contributed by atoms with E-state index in [0.29, 0.717) is 6.04 Å². The minimum Gasteiger partial charge on any atom is -0.359 e. The van der Waals surface area contributed by atoms with Gasteiger partial charge in [0, 0.05) is 23.2 Å². The van der Waals surface area contributed by atoms with Crippen molar-refractivity contribution in [3.8, 4) is 0 Å². The van der Waals surface area contributed by atoms with E-state index in [9.17, 15) is 4.79 Å². The highest BCUT2D eigenvalue weighted by molar-refractivity contribution is 7.15. The molecular weight excluding hydrogens is 296 g/mol. The normalized spacial score (nSPS) is 24.2. The molecule has 0 saturated heterocycles. The Morgan fingerprint density at radius 3 is 2.86 bits per heavy atom. The summed E-state index contributed by atoms with van der Waals surface area (Å²) in [5.41, 5.74) is 1.32. The second kappa shape index (κ2) is 5.83. The van der Waals surface area contributed by atoms with E-state index in [4.69, 9.17) is 4.98 Å². The summed E-state index contributed by atoms with van der Waals surface area (Å²) in [6.07, 6.45) is 9.43. The molecular formula is C16H20N4OS. The lowest BCUT2D eigenvalue weighted by Crippen LogP contribution is -2.32. The lowest BCUT2D eigenvalue weighted by molar-refractivity contribution is 0.303. The Balaban J connectivity index is 1.37. The Morgan fingerprint density at radius 2 is 2.09 bits per heavy atom. The monoisotopic (exact) mass is 316 g/mol. The minimum absolute atomic E-state index is 0.00950. The molecule has 0 aliphatic heterocycles. The summed E-state index contributed by atoms with van der Waals surface area (Å²) < 4.78 is 1.65. The molecule has 5 nitrogen and oxygen atoms in total. The molecule has 0 amide bonds. The predicted molar refractivity (Wildman–Crippen MR) is 87.6 cm³/mol. The van der Waals surface area contributed by atoms with E-state index in [2.05, 4.69) is 10.4 Å². The summed E-state index contributed by atoms with van der Waals surface area (Å²) in [4.78, 5) is 18.0. The lowest BCUT2D eigenvalue weighted by Gasteiger charge is -2.29. The van der Waals surface area contributed by atoms with Crippen LogP contribution in [0.5, 0.6) is 0 Å². The molecule has 6 heteroatoms. The summed E-state index contributed by atoms with van der Waals surface area (Å²) in [6, 6.07) is 4.01. The van der Waals surface area contributed by atoms with Crippen molar-refractivity contribution >= 4 is 16.5 Å². The lowest BCUT2D eigenvalue weighted by atomic mass is 9.91. The van der Waals surface area contributed by atoms with Gasteiger partial charge < -0.3 is 5.32 Å².